The largest absolute Gasteiger partial charge is 1.00 e. The summed E-state index contributed by atoms with van der Waals surface area (Å²) < 4.78 is 13.8. The van der Waals surface area contributed by atoms with Crippen LogP contribution in [-0.4, -0.2) is 43.5 Å². The van der Waals surface area contributed by atoms with E-state index in [9.17, 15) is 19.2 Å². The number of hydrogen-bond acceptors (Lipinski definition) is 7. The second-order valence-electron chi connectivity index (χ2n) is 8.62. The molecular weight excluding hydrogens is 495 g/mol. The normalized spacial score (nSPS) is 15.7. The van der Waals surface area contributed by atoms with Gasteiger partial charge >= 0.3 is 41.7 Å². The number of aryl methyl sites for hydroxylation is 2. The molecule has 38 heavy (non-hydrogen) atoms. The van der Waals surface area contributed by atoms with Gasteiger partial charge in [0.2, 0.25) is 0 Å². The SMILES string of the molecule is CCOC(=O)OCC.CCOC(=O)[C@H]1CCCc2ccccc2C1=O.O=C1CCCCc2ccccc21.[H-].[Na+]. The minimum atomic E-state index is -0.612. The van der Waals surface area contributed by atoms with Crippen LogP contribution in [0.3, 0.4) is 0 Å². The summed E-state index contributed by atoms with van der Waals surface area (Å²) in [7, 11) is 0. The fraction of sp³-hybridized carbons (Fsp3) is 0.467. The van der Waals surface area contributed by atoms with Crippen molar-refractivity contribution < 1.29 is 64.4 Å². The van der Waals surface area contributed by atoms with Gasteiger partial charge in [-0.1, -0.05) is 48.5 Å². The summed E-state index contributed by atoms with van der Waals surface area (Å²) in [6.45, 7) is 6.29. The molecule has 0 unspecified atom stereocenters. The van der Waals surface area contributed by atoms with Crippen molar-refractivity contribution >= 4 is 23.7 Å². The smallest absolute Gasteiger partial charge is 1.00 e. The quantitative estimate of drug-likeness (QED) is 0.257. The molecule has 2 aromatic rings. The van der Waals surface area contributed by atoms with Crippen LogP contribution in [0, 0.1) is 5.92 Å². The third-order valence-corrected chi connectivity index (χ3v) is 6.05. The Morgan fingerprint density at radius 2 is 1.24 bits per heavy atom. The molecule has 0 radical (unpaired) electrons. The molecule has 0 heterocycles. The molecule has 0 saturated carbocycles. The summed E-state index contributed by atoms with van der Waals surface area (Å²) in [6, 6.07) is 15.5. The molecule has 0 aromatic heterocycles. The fourth-order valence-corrected chi connectivity index (χ4v) is 4.29. The summed E-state index contributed by atoms with van der Waals surface area (Å²) in [5.74, 6) is -0.757. The maximum Gasteiger partial charge on any atom is 1.00 e. The topological polar surface area (TPSA) is 96.0 Å². The van der Waals surface area contributed by atoms with Crippen molar-refractivity contribution in [2.24, 2.45) is 5.92 Å². The van der Waals surface area contributed by atoms with Crippen LogP contribution in [0.2, 0.25) is 0 Å². The van der Waals surface area contributed by atoms with Gasteiger partial charge in [-0.15, -0.1) is 0 Å². The van der Waals surface area contributed by atoms with Crippen LogP contribution in [0.5, 0.6) is 0 Å². The Balaban J connectivity index is 0.000000580. The molecule has 0 saturated heterocycles. The van der Waals surface area contributed by atoms with Crippen LogP contribution in [0.1, 0.15) is 86.1 Å². The van der Waals surface area contributed by atoms with Crippen LogP contribution in [0.4, 0.5) is 4.79 Å². The average Bonchev–Trinajstić information content (AvgIpc) is 3.19. The van der Waals surface area contributed by atoms with Crippen molar-refractivity contribution in [2.45, 2.75) is 65.7 Å². The van der Waals surface area contributed by atoms with Crippen molar-refractivity contribution in [3.05, 3.63) is 70.8 Å². The summed E-state index contributed by atoms with van der Waals surface area (Å²) in [5.41, 5.74) is 3.92. The number of esters is 1. The van der Waals surface area contributed by atoms with Crippen LogP contribution in [-0.2, 0) is 31.8 Å². The van der Waals surface area contributed by atoms with Crippen molar-refractivity contribution in [1.29, 1.82) is 0 Å². The second kappa shape index (κ2) is 18.7. The van der Waals surface area contributed by atoms with E-state index in [2.05, 4.69) is 15.5 Å². The third-order valence-electron chi connectivity index (χ3n) is 6.05. The molecular formula is C30H39NaO7. The number of carbonyl (C=O) groups excluding carboxylic acids is 4. The first-order valence-electron chi connectivity index (χ1n) is 13.1. The summed E-state index contributed by atoms with van der Waals surface area (Å²) in [5, 5.41) is 0. The first-order chi connectivity index (χ1) is 17.9. The van der Waals surface area contributed by atoms with E-state index in [0.717, 1.165) is 49.7 Å². The number of benzene rings is 2. The van der Waals surface area contributed by atoms with Gasteiger partial charge in [-0.2, -0.15) is 0 Å². The summed E-state index contributed by atoms with van der Waals surface area (Å²) in [4.78, 5) is 45.7. The van der Waals surface area contributed by atoms with Gasteiger partial charge in [0.1, 0.15) is 5.92 Å². The molecule has 0 N–H and O–H groups in total. The molecule has 7 nitrogen and oxygen atoms in total. The summed E-state index contributed by atoms with van der Waals surface area (Å²) >= 11 is 0. The molecule has 0 fully saturated rings. The van der Waals surface area contributed by atoms with Crippen molar-refractivity contribution in [1.82, 2.24) is 0 Å². The Hall–Kier alpha value is -2.48. The van der Waals surface area contributed by atoms with E-state index in [0.29, 0.717) is 37.6 Å². The van der Waals surface area contributed by atoms with Gasteiger partial charge in [0.15, 0.2) is 11.6 Å². The molecule has 0 spiro atoms. The number of Topliss-reactive ketones (excluding diaryl/α,β-unsaturated/α-hetero) is 2. The monoisotopic (exact) mass is 534 g/mol. The van der Waals surface area contributed by atoms with Gasteiger partial charge in [0, 0.05) is 17.5 Å². The van der Waals surface area contributed by atoms with Gasteiger partial charge in [-0.3, -0.25) is 14.4 Å². The Kier molecular flexibility index (Phi) is 16.5. The summed E-state index contributed by atoms with van der Waals surface area (Å²) in [6.07, 6.45) is 5.72. The number of ketones is 2. The first kappa shape index (κ1) is 33.5. The van der Waals surface area contributed by atoms with Crippen molar-refractivity contribution in [2.75, 3.05) is 19.8 Å². The van der Waals surface area contributed by atoms with Gasteiger partial charge < -0.3 is 15.6 Å². The van der Waals surface area contributed by atoms with Gasteiger partial charge in [-0.25, -0.2) is 4.79 Å². The third kappa shape index (κ3) is 10.7. The van der Waals surface area contributed by atoms with E-state index in [1.165, 1.54) is 5.56 Å². The molecule has 1 atom stereocenters. The predicted molar refractivity (Wildman–Crippen MR) is 142 cm³/mol. The maximum atomic E-state index is 12.3. The van der Waals surface area contributed by atoms with Gasteiger partial charge in [0.05, 0.1) is 19.8 Å². The van der Waals surface area contributed by atoms with Crippen LogP contribution < -0.4 is 29.6 Å². The van der Waals surface area contributed by atoms with E-state index in [1.54, 1.807) is 26.8 Å². The number of fused-ring (bicyclic) bond motifs is 2. The number of carbonyl (C=O) groups is 4. The van der Waals surface area contributed by atoms with Gasteiger partial charge in [-0.05, 0) is 70.4 Å². The zero-order valence-corrected chi connectivity index (χ0v) is 25.1. The van der Waals surface area contributed by atoms with E-state index in [4.69, 9.17) is 4.74 Å². The second-order valence-corrected chi connectivity index (χ2v) is 8.62. The standard InChI is InChI=1S/C14H16O3.C11H12O.C5H10O3.Na.H/c1-2-17-14(16)12-9-5-7-10-6-3-4-8-11(10)13(12)15;12-11-8-4-2-6-9-5-1-3-7-10(9)11;1-3-7-5(6)8-4-2;;/h3-4,6,8,12H,2,5,7,9H2,1H3;1,3,5,7H,2,4,6,8H2;3-4H2,1-2H3;;/q;;;+1;-1/t12-;;;;/m0..../s1. The van der Waals surface area contributed by atoms with E-state index >= 15 is 0 Å². The Bertz CT molecular complexity index is 1050. The minimum Gasteiger partial charge on any atom is -1.00 e. The molecule has 0 bridgehead atoms. The predicted octanol–water partition coefficient (Wildman–Crippen LogP) is 3.28. The van der Waals surface area contributed by atoms with E-state index in [-0.39, 0.29) is 42.7 Å². The molecule has 4 rings (SSSR count). The van der Waals surface area contributed by atoms with Crippen LogP contribution in [0.15, 0.2) is 48.5 Å². The Morgan fingerprint density at radius 3 is 1.84 bits per heavy atom. The maximum absolute atomic E-state index is 12.3. The molecule has 0 amide bonds. The first-order valence-corrected chi connectivity index (χ1v) is 13.1. The molecule has 2 aliphatic rings. The number of ether oxygens (including phenoxy) is 3. The van der Waals surface area contributed by atoms with Crippen molar-refractivity contribution in [3.63, 3.8) is 0 Å². The fourth-order valence-electron chi connectivity index (χ4n) is 4.29. The Morgan fingerprint density at radius 1 is 0.737 bits per heavy atom. The van der Waals surface area contributed by atoms with Crippen molar-refractivity contribution in [3.8, 4) is 0 Å². The van der Waals surface area contributed by atoms with Gasteiger partial charge in [0.25, 0.3) is 0 Å². The molecule has 0 aliphatic heterocycles. The average molecular weight is 535 g/mol. The number of hydrogen-bond donors (Lipinski definition) is 0. The zero-order valence-electron chi connectivity index (χ0n) is 24.1. The molecule has 202 valence electrons. The zero-order chi connectivity index (χ0) is 27.0. The Labute approximate surface area is 249 Å². The van der Waals surface area contributed by atoms with Crippen LogP contribution in [0.25, 0.3) is 0 Å². The van der Waals surface area contributed by atoms with E-state index < -0.39 is 12.1 Å². The molecule has 2 aliphatic carbocycles. The van der Waals surface area contributed by atoms with Crippen LogP contribution >= 0.6 is 0 Å². The minimum absolute atomic E-state index is 0. The number of rotatable bonds is 4. The molecule has 2 aromatic carbocycles. The molecule has 8 heteroatoms. The van der Waals surface area contributed by atoms with E-state index in [1.807, 2.05) is 36.4 Å².